The number of thiazole rings is 1. The first-order valence-electron chi connectivity index (χ1n) is 11.2. The summed E-state index contributed by atoms with van der Waals surface area (Å²) in [4.78, 5) is 26.1. The fraction of sp³-hybridized carbons (Fsp3) is 0.308. The Morgan fingerprint density at radius 1 is 1.03 bits per heavy atom. The molecule has 1 amide bonds. The molecule has 0 bridgehead atoms. The molecule has 178 valence electrons. The highest BCUT2D eigenvalue weighted by Gasteiger charge is 2.14. The number of fused-ring (bicyclic) bond motifs is 1. The maximum Gasteiger partial charge on any atom is 0.236 e. The lowest BCUT2D eigenvalue weighted by Crippen LogP contribution is -2.12. The van der Waals surface area contributed by atoms with Crippen LogP contribution in [0.1, 0.15) is 47.1 Å². The fourth-order valence-electron chi connectivity index (χ4n) is 3.16. The van der Waals surface area contributed by atoms with Gasteiger partial charge in [-0.1, -0.05) is 64.2 Å². The summed E-state index contributed by atoms with van der Waals surface area (Å²) in [5.74, 6) is 0.508. The number of nitrogens with one attached hydrogen (secondary N) is 1. The van der Waals surface area contributed by atoms with Gasteiger partial charge in [0.1, 0.15) is 0 Å². The van der Waals surface area contributed by atoms with E-state index >= 15 is 0 Å². The largest absolute Gasteiger partial charge is 0.302 e. The minimum absolute atomic E-state index is 0.127. The highest BCUT2D eigenvalue weighted by molar-refractivity contribution is 8.00. The number of amides is 1. The second-order valence-electron chi connectivity index (χ2n) is 8.49. The van der Waals surface area contributed by atoms with Crippen molar-refractivity contribution in [2.45, 2.75) is 51.9 Å². The average Bonchev–Trinajstić information content (AvgIpc) is 3.21. The first-order chi connectivity index (χ1) is 16.2. The van der Waals surface area contributed by atoms with Crippen LogP contribution >= 0.6 is 23.3 Å². The van der Waals surface area contributed by atoms with Crippen molar-refractivity contribution in [3.8, 4) is 11.3 Å². The molecule has 0 aliphatic heterocycles. The Morgan fingerprint density at radius 2 is 1.74 bits per heavy atom. The minimum Gasteiger partial charge on any atom is -0.302 e. The van der Waals surface area contributed by atoms with Crippen molar-refractivity contribution in [1.82, 2.24) is 15.0 Å². The van der Waals surface area contributed by atoms with Crippen LogP contribution in [0.5, 0.6) is 0 Å². The molecule has 0 aliphatic rings. The van der Waals surface area contributed by atoms with E-state index in [9.17, 15) is 4.79 Å². The quantitative estimate of drug-likeness (QED) is 0.297. The van der Waals surface area contributed by atoms with Gasteiger partial charge in [-0.2, -0.15) is 0 Å². The van der Waals surface area contributed by atoms with Crippen molar-refractivity contribution in [1.29, 1.82) is 0 Å². The summed E-state index contributed by atoms with van der Waals surface area (Å²) in [6.07, 6.45) is 1.77. The van der Waals surface area contributed by atoms with Gasteiger partial charge < -0.3 is 5.32 Å². The van der Waals surface area contributed by atoms with Gasteiger partial charge in [-0.25, -0.2) is 15.0 Å². The third kappa shape index (κ3) is 6.33. The normalized spacial score (nSPS) is 11.0. The van der Waals surface area contributed by atoms with Crippen molar-refractivity contribution in [3.05, 3.63) is 60.3 Å². The Balaban J connectivity index is 0.00000158. The third-order valence-electron chi connectivity index (χ3n) is 4.85. The number of hydrogen-bond donors (Lipinski definition) is 1. The summed E-state index contributed by atoms with van der Waals surface area (Å²) in [6, 6.07) is 16.5. The smallest absolute Gasteiger partial charge is 0.236 e. The number of anilines is 2. The molecule has 0 atom stereocenters. The summed E-state index contributed by atoms with van der Waals surface area (Å²) >= 11 is 3.04. The molecule has 4 aromatic rings. The Bertz CT molecular complexity index is 1260. The Hall–Kier alpha value is -2.97. The molecule has 34 heavy (non-hydrogen) atoms. The number of benzene rings is 2. The second-order valence-corrected chi connectivity index (χ2v) is 10.7. The van der Waals surface area contributed by atoms with Gasteiger partial charge >= 0.3 is 0 Å². The van der Waals surface area contributed by atoms with Crippen LogP contribution in [0.3, 0.4) is 0 Å². The molecule has 0 fully saturated rings. The first-order valence-corrected chi connectivity index (χ1v) is 12.8. The number of hydrogen-bond acceptors (Lipinski definition) is 7. The zero-order chi connectivity index (χ0) is 24.9. The van der Waals surface area contributed by atoms with E-state index in [1.54, 1.807) is 18.1 Å². The van der Waals surface area contributed by atoms with Gasteiger partial charge in [0, 0.05) is 30.6 Å². The fourth-order valence-corrected chi connectivity index (χ4v) is 4.86. The van der Waals surface area contributed by atoms with E-state index < -0.39 is 0 Å². The molecule has 6 nitrogen and oxygen atoms in total. The lowest BCUT2D eigenvalue weighted by Gasteiger charge is -2.20. The summed E-state index contributed by atoms with van der Waals surface area (Å²) in [7, 11) is 1.97. The summed E-state index contributed by atoms with van der Waals surface area (Å²) in [6.45, 7) is 12.1. The van der Waals surface area contributed by atoms with E-state index in [2.05, 4.69) is 60.3 Å². The van der Waals surface area contributed by atoms with Crippen molar-refractivity contribution < 1.29 is 4.79 Å². The van der Waals surface area contributed by atoms with Crippen molar-refractivity contribution >= 4 is 50.5 Å². The summed E-state index contributed by atoms with van der Waals surface area (Å²) < 4.78 is 2.96. The molecular formula is C26H31N5OS2. The standard InChI is InChI=1S/C24H25N5OS2.C2H6/c1-15(30)26-23-28-20-11-6-16(14-21(20)31-23)19-12-13-25-22(27-19)29(5)32-18-9-7-17(8-10-18)24(2,3)4;1-2/h6-14H,1-5H3,(H,26,28,30);1-2H3. The van der Waals surface area contributed by atoms with Crippen molar-refractivity contribution in [2.24, 2.45) is 0 Å². The van der Waals surface area contributed by atoms with Crippen LogP contribution in [0.2, 0.25) is 0 Å². The molecule has 0 aliphatic carbocycles. The van der Waals surface area contributed by atoms with E-state index in [0.717, 1.165) is 26.4 Å². The zero-order valence-corrected chi connectivity index (χ0v) is 22.3. The molecule has 0 unspecified atom stereocenters. The average molecular weight is 494 g/mol. The molecule has 0 saturated heterocycles. The monoisotopic (exact) mass is 493 g/mol. The molecular weight excluding hydrogens is 462 g/mol. The number of nitrogens with zero attached hydrogens (tertiary/aromatic N) is 4. The minimum atomic E-state index is -0.127. The molecule has 0 spiro atoms. The van der Waals surface area contributed by atoms with E-state index in [1.807, 2.05) is 49.5 Å². The number of rotatable bonds is 5. The van der Waals surface area contributed by atoms with E-state index in [-0.39, 0.29) is 11.3 Å². The maximum atomic E-state index is 11.3. The zero-order valence-electron chi connectivity index (χ0n) is 20.7. The van der Waals surface area contributed by atoms with Gasteiger partial charge in [0.2, 0.25) is 11.9 Å². The van der Waals surface area contributed by atoms with Gasteiger partial charge in [0.25, 0.3) is 0 Å². The summed E-state index contributed by atoms with van der Waals surface area (Å²) in [5, 5.41) is 3.34. The number of carbonyl (C=O) groups is 1. The SMILES string of the molecule is CC.CC(=O)Nc1nc2ccc(-c3ccnc(N(C)Sc4ccc(C(C)(C)C)cc4)n3)cc2s1. The van der Waals surface area contributed by atoms with E-state index in [4.69, 9.17) is 4.98 Å². The van der Waals surface area contributed by atoms with Gasteiger partial charge in [-0.05, 0) is 53.3 Å². The molecule has 8 heteroatoms. The Labute approximate surface area is 210 Å². The summed E-state index contributed by atoms with van der Waals surface area (Å²) in [5.41, 5.74) is 4.11. The molecule has 2 aromatic carbocycles. The molecule has 4 rings (SSSR count). The van der Waals surface area contributed by atoms with Crippen LogP contribution in [0.4, 0.5) is 11.1 Å². The first kappa shape index (κ1) is 25.6. The molecule has 0 radical (unpaired) electrons. The van der Waals surface area contributed by atoms with Gasteiger partial charge in [-0.15, -0.1) is 0 Å². The topological polar surface area (TPSA) is 71.0 Å². The predicted molar refractivity (Wildman–Crippen MR) is 146 cm³/mol. The van der Waals surface area contributed by atoms with Crippen LogP contribution in [-0.4, -0.2) is 27.9 Å². The molecule has 1 N–H and O–H groups in total. The third-order valence-corrected chi connectivity index (χ3v) is 6.71. The number of carbonyl (C=O) groups excluding carboxylic acids is 1. The molecule has 0 saturated carbocycles. The predicted octanol–water partition coefficient (Wildman–Crippen LogP) is 7.18. The van der Waals surface area contributed by atoms with Gasteiger partial charge in [0.05, 0.1) is 15.9 Å². The molecule has 2 aromatic heterocycles. The van der Waals surface area contributed by atoms with Crippen LogP contribution in [-0.2, 0) is 10.2 Å². The maximum absolute atomic E-state index is 11.3. The lowest BCUT2D eigenvalue weighted by molar-refractivity contribution is -0.114. The van der Waals surface area contributed by atoms with Gasteiger partial charge in [-0.3, -0.25) is 9.10 Å². The molecule has 2 heterocycles. The van der Waals surface area contributed by atoms with Crippen LogP contribution in [0.25, 0.3) is 21.5 Å². The van der Waals surface area contributed by atoms with E-state index in [0.29, 0.717) is 11.1 Å². The number of aromatic nitrogens is 3. The lowest BCUT2D eigenvalue weighted by atomic mass is 9.87. The van der Waals surface area contributed by atoms with Crippen LogP contribution in [0, 0.1) is 0 Å². The van der Waals surface area contributed by atoms with Crippen molar-refractivity contribution in [2.75, 3.05) is 16.7 Å². The Kier molecular flexibility index (Phi) is 8.28. The van der Waals surface area contributed by atoms with Crippen molar-refractivity contribution in [3.63, 3.8) is 0 Å². The van der Waals surface area contributed by atoms with Crippen LogP contribution < -0.4 is 9.62 Å². The highest BCUT2D eigenvalue weighted by Crippen LogP contribution is 2.32. The highest BCUT2D eigenvalue weighted by atomic mass is 32.2. The van der Waals surface area contributed by atoms with Gasteiger partial charge in [0.15, 0.2) is 5.13 Å². The van der Waals surface area contributed by atoms with E-state index in [1.165, 1.54) is 23.8 Å². The van der Waals surface area contributed by atoms with Crippen LogP contribution in [0.15, 0.2) is 59.6 Å². The Morgan fingerprint density at radius 3 is 2.38 bits per heavy atom. The second kappa shape index (κ2) is 11.0.